The van der Waals surface area contributed by atoms with E-state index in [1.165, 1.54) is 12.1 Å². The van der Waals surface area contributed by atoms with Crippen LogP contribution in [0.5, 0.6) is 11.5 Å². The lowest BCUT2D eigenvalue weighted by Crippen LogP contribution is -2.06. The second-order valence-electron chi connectivity index (χ2n) is 8.05. The van der Waals surface area contributed by atoms with Gasteiger partial charge in [-0.1, -0.05) is 24.3 Å². The van der Waals surface area contributed by atoms with Gasteiger partial charge in [0.05, 0.1) is 12.3 Å². The molecule has 0 aliphatic carbocycles. The number of halogens is 1. The maximum absolute atomic E-state index is 13.2. The number of carbonyl (C=O) groups is 1. The molecule has 4 aromatic rings. The molecule has 0 spiro atoms. The molecular weight excluding hydrogens is 449 g/mol. The van der Waals surface area contributed by atoms with Crippen molar-refractivity contribution in [2.45, 2.75) is 32.8 Å². The Morgan fingerprint density at radius 2 is 1.69 bits per heavy atom. The topological polar surface area (TPSA) is 81.8 Å². The fourth-order valence-corrected chi connectivity index (χ4v) is 3.63. The summed E-state index contributed by atoms with van der Waals surface area (Å²) in [5, 5.41) is 9.07. The second-order valence-corrected chi connectivity index (χ2v) is 8.05. The van der Waals surface area contributed by atoms with Gasteiger partial charge in [-0.2, -0.15) is 0 Å². The first kappa shape index (κ1) is 24.0. The van der Waals surface area contributed by atoms with Crippen molar-refractivity contribution in [3.8, 4) is 23.0 Å². The molecule has 1 heterocycles. The third-order valence-corrected chi connectivity index (χ3v) is 5.51. The quantitative estimate of drug-likeness (QED) is 0.286. The summed E-state index contributed by atoms with van der Waals surface area (Å²) in [5.74, 6) is 1.30. The number of ether oxygens (including phenoxy) is 2. The van der Waals surface area contributed by atoms with Gasteiger partial charge in [-0.05, 0) is 73.0 Å². The van der Waals surface area contributed by atoms with Crippen LogP contribution < -0.4 is 9.47 Å². The number of hydrogen-bond acceptors (Lipinski definition) is 5. The smallest absolute Gasteiger partial charge is 0.303 e. The van der Waals surface area contributed by atoms with E-state index >= 15 is 0 Å². The third-order valence-electron chi connectivity index (χ3n) is 5.51. The molecule has 0 amide bonds. The van der Waals surface area contributed by atoms with Crippen molar-refractivity contribution in [2.75, 3.05) is 6.61 Å². The zero-order valence-electron chi connectivity index (χ0n) is 19.4. The van der Waals surface area contributed by atoms with E-state index in [4.69, 9.17) is 19.0 Å². The van der Waals surface area contributed by atoms with Crippen molar-refractivity contribution in [2.24, 2.45) is 0 Å². The minimum absolute atomic E-state index is 0.0128. The molecule has 0 fully saturated rings. The van der Waals surface area contributed by atoms with E-state index in [-0.39, 0.29) is 18.8 Å². The summed E-state index contributed by atoms with van der Waals surface area (Å²) in [6.07, 6.45) is 0.960. The van der Waals surface area contributed by atoms with Gasteiger partial charge in [-0.25, -0.2) is 9.37 Å². The minimum atomic E-state index is -0.867. The summed E-state index contributed by atoms with van der Waals surface area (Å²) in [6.45, 7) is 2.49. The number of carboxylic acids is 1. The molecule has 4 rings (SSSR count). The summed E-state index contributed by atoms with van der Waals surface area (Å²) in [4.78, 5) is 15.7. The first-order valence-corrected chi connectivity index (χ1v) is 11.3. The molecule has 0 atom stereocenters. The van der Waals surface area contributed by atoms with E-state index in [0.29, 0.717) is 36.8 Å². The molecule has 0 unspecified atom stereocenters. The Balaban J connectivity index is 1.41. The zero-order valence-corrected chi connectivity index (χ0v) is 19.4. The Morgan fingerprint density at radius 1 is 0.943 bits per heavy atom. The van der Waals surface area contributed by atoms with Gasteiger partial charge in [-0.15, -0.1) is 0 Å². The molecule has 0 bridgehead atoms. The molecule has 0 saturated heterocycles. The highest BCUT2D eigenvalue weighted by Crippen LogP contribution is 2.24. The Kier molecular flexibility index (Phi) is 7.77. The highest BCUT2D eigenvalue weighted by Gasteiger charge is 2.12. The third kappa shape index (κ3) is 6.69. The second kappa shape index (κ2) is 11.3. The van der Waals surface area contributed by atoms with E-state index in [1.54, 1.807) is 12.1 Å². The van der Waals surface area contributed by atoms with E-state index < -0.39 is 5.97 Å². The number of hydrogen-bond donors (Lipinski definition) is 1. The van der Waals surface area contributed by atoms with E-state index in [9.17, 15) is 9.18 Å². The van der Waals surface area contributed by atoms with Crippen molar-refractivity contribution < 1.29 is 28.2 Å². The lowest BCUT2D eigenvalue weighted by atomic mass is 10.0. The molecule has 1 N–H and O–H groups in total. The summed E-state index contributed by atoms with van der Waals surface area (Å²) < 4.78 is 30.7. The number of carboxylic acid groups (broad SMARTS) is 1. The van der Waals surface area contributed by atoms with E-state index in [0.717, 1.165) is 28.1 Å². The predicted molar refractivity (Wildman–Crippen MR) is 129 cm³/mol. The van der Waals surface area contributed by atoms with Gasteiger partial charge in [0.15, 0.2) is 0 Å². The van der Waals surface area contributed by atoms with Crippen LogP contribution in [-0.4, -0.2) is 22.7 Å². The lowest BCUT2D eigenvalue weighted by Gasteiger charge is -2.13. The molecule has 7 heteroatoms. The van der Waals surface area contributed by atoms with Crippen molar-refractivity contribution in [1.29, 1.82) is 0 Å². The molecule has 0 aliphatic rings. The van der Waals surface area contributed by atoms with Gasteiger partial charge in [0.25, 0.3) is 0 Å². The fourth-order valence-electron chi connectivity index (χ4n) is 3.63. The Bertz CT molecular complexity index is 1270. The molecule has 1 aromatic heterocycles. The Labute approximate surface area is 203 Å². The normalized spacial score (nSPS) is 10.8. The molecule has 0 saturated carbocycles. The summed E-state index contributed by atoms with van der Waals surface area (Å²) in [7, 11) is 0. The van der Waals surface area contributed by atoms with Crippen molar-refractivity contribution in [3.63, 3.8) is 0 Å². The zero-order chi connectivity index (χ0) is 24.6. The van der Waals surface area contributed by atoms with Gasteiger partial charge in [-0.3, -0.25) is 4.79 Å². The monoisotopic (exact) mass is 475 g/mol. The largest absolute Gasteiger partial charge is 0.493 e. The van der Waals surface area contributed by atoms with Crippen LogP contribution in [0.4, 0.5) is 4.39 Å². The van der Waals surface area contributed by atoms with Crippen LogP contribution in [0.3, 0.4) is 0 Å². The number of nitrogens with zero attached hydrogens (tertiary/aromatic N) is 1. The molecule has 6 nitrogen and oxygen atoms in total. The number of aryl methyl sites for hydroxylation is 2. The van der Waals surface area contributed by atoms with Gasteiger partial charge in [0, 0.05) is 18.4 Å². The van der Waals surface area contributed by atoms with Crippen LogP contribution in [-0.2, 0) is 24.2 Å². The molecule has 35 heavy (non-hydrogen) atoms. The molecule has 3 aromatic carbocycles. The first-order chi connectivity index (χ1) is 17.0. The summed E-state index contributed by atoms with van der Waals surface area (Å²) >= 11 is 0. The highest BCUT2D eigenvalue weighted by atomic mass is 19.1. The highest BCUT2D eigenvalue weighted by molar-refractivity contribution is 5.67. The van der Waals surface area contributed by atoms with Crippen molar-refractivity contribution in [3.05, 3.63) is 101 Å². The molecule has 0 radical (unpaired) electrons. The number of benzene rings is 3. The van der Waals surface area contributed by atoms with E-state index in [1.807, 2.05) is 55.5 Å². The van der Waals surface area contributed by atoms with Gasteiger partial charge in [0.2, 0.25) is 5.89 Å². The fraction of sp³-hybridized carbons (Fsp3) is 0.214. The van der Waals surface area contributed by atoms with Crippen LogP contribution in [0.1, 0.15) is 29.0 Å². The number of aromatic nitrogens is 1. The average Bonchev–Trinajstić information content (AvgIpc) is 3.24. The average molecular weight is 476 g/mol. The van der Waals surface area contributed by atoms with Crippen molar-refractivity contribution in [1.82, 2.24) is 4.98 Å². The molecular formula is C28H26FNO5. The van der Waals surface area contributed by atoms with Crippen molar-refractivity contribution >= 4 is 5.97 Å². The van der Waals surface area contributed by atoms with Crippen LogP contribution in [0.25, 0.3) is 11.5 Å². The molecule has 0 aliphatic heterocycles. The van der Waals surface area contributed by atoms with Gasteiger partial charge < -0.3 is 19.0 Å². The Morgan fingerprint density at radius 3 is 2.43 bits per heavy atom. The maximum Gasteiger partial charge on any atom is 0.303 e. The standard InChI is InChI=1S/C28H26FNO5/c1-19-26(30-28(35-19)21-5-3-2-4-6-21)15-16-33-25-11-7-20(8-14-27(31)32)22(17-25)18-34-24-12-9-23(29)10-13-24/h2-7,9-13,17H,8,14-16,18H2,1H3,(H,31,32). The summed E-state index contributed by atoms with van der Waals surface area (Å²) in [6, 6.07) is 21.0. The lowest BCUT2D eigenvalue weighted by molar-refractivity contribution is -0.136. The van der Waals surface area contributed by atoms with Gasteiger partial charge >= 0.3 is 5.97 Å². The van der Waals surface area contributed by atoms with E-state index in [2.05, 4.69) is 4.98 Å². The SMILES string of the molecule is Cc1oc(-c2ccccc2)nc1CCOc1ccc(CCC(=O)O)c(COc2ccc(F)cc2)c1. The van der Waals surface area contributed by atoms with Crippen LogP contribution in [0, 0.1) is 12.7 Å². The van der Waals surface area contributed by atoms with Gasteiger partial charge in [0.1, 0.15) is 29.7 Å². The predicted octanol–water partition coefficient (Wildman–Crippen LogP) is 6.01. The molecule has 180 valence electrons. The number of oxazole rings is 1. The number of rotatable bonds is 11. The van der Waals surface area contributed by atoms with Crippen LogP contribution >= 0.6 is 0 Å². The van der Waals surface area contributed by atoms with Crippen LogP contribution in [0.2, 0.25) is 0 Å². The Hall–Kier alpha value is -4.13. The maximum atomic E-state index is 13.2. The first-order valence-electron chi connectivity index (χ1n) is 11.3. The number of aliphatic carboxylic acids is 1. The minimum Gasteiger partial charge on any atom is -0.493 e. The van der Waals surface area contributed by atoms with Crippen LogP contribution in [0.15, 0.2) is 77.2 Å². The summed E-state index contributed by atoms with van der Waals surface area (Å²) in [5.41, 5.74) is 3.44.